The van der Waals surface area contributed by atoms with E-state index in [1.807, 2.05) is 4.98 Å². The Morgan fingerprint density at radius 1 is 0.906 bits per heavy atom. The zero-order valence-electron chi connectivity index (χ0n) is 15.4. The second-order valence-corrected chi connectivity index (χ2v) is 8.66. The van der Waals surface area contributed by atoms with Gasteiger partial charge in [-0.05, 0) is 30.3 Å². The minimum atomic E-state index is -4.81. The first kappa shape index (κ1) is 22.7. The molecule has 0 bridgehead atoms. The van der Waals surface area contributed by atoms with E-state index >= 15 is 0 Å². The van der Waals surface area contributed by atoms with Crippen LogP contribution in [0.4, 0.5) is 29.0 Å². The fourth-order valence-corrected chi connectivity index (χ4v) is 3.36. The van der Waals surface area contributed by atoms with Gasteiger partial charge < -0.3 is 11.1 Å². The molecule has 0 unspecified atom stereocenters. The first-order chi connectivity index (χ1) is 14.8. The SMILES string of the molecule is Nc1nc(Nc2nc(=O)[nH]c(=O)[nH]2)ccc1N=Nc1cc(S(=O)(=O)O)ccc1S(=O)(=O)O. The number of nitrogens with one attached hydrogen (secondary N) is 3. The van der Waals surface area contributed by atoms with Crippen LogP contribution in [0.15, 0.2) is 59.9 Å². The van der Waals surface area contributed by atoms with Gasteiger partial charge >= 0.3 is 11.4 Å². The molecule has 0 saturated heterocycles. The fraction of sp³-hybridized carbons (Fsp3) is 0. The van der Waals surface area contributed by atoms with Crippen LogP contribution in [0.25, 0.3) is 0 Å². The second-order valence-electron chi connectivity index (χ2n) is 5.85. The fourth-order valence-electron chi connectivity index (χ4n) is 2.26. The van der Waals surface area contributed by atoms with E-state index in [9.17, 15) is 31.0 Å². The Morgan fingerprint density at radius 2 is 1.59 bits per heavy atom. The lowest BCUT2D eigenvalue weighted by molar-refractivity contribution is 0.478. The van der Waals surface area contributed by atoms with E-state index < -0.39 is 47.1 Å². The molecule has 32 heavy (non-hydrogen) atoms. The molecule has 3 rings (SSSR count). The van der Waals surface area contributed by atoms with E-state index in [-0.39, 0.29) is 23.3 Å². The van der Waals surface area contributed by atoms with Gasteiger partial charge in [0, 0.05) is 0 Å². The van der Waals surface area contributed by atoms with E-state index in [2.05, 4.69) is 30.5 Å². The molecule has 2 aromatic heterocycles. The van der Waals surface area contributed by atoms with Gasteiger partial charge in [-0.2, -0.15) is 21.8 Å². The zero-order chi connectivity index (χ0) is 23.7. The molecule has 18 heteroatoms. The molecule has 0 spiro atoms. The molecule has 0 saturated carbocycles. The monoisotopic (exact) mass is 484 g/mol. The standard InChI is InChI=1S/C14H12N8O8S2/c15-11-7(2-4-10(16-11)17-12-18-13(23)20-14(24)19-12)21-22-8-5-6(31(25,26)27)1-3-9(8)32(28,29)30/h1-5H,(H,25,26,27)(H,28,29,30)(H5,15,16,17,18,19,20,23,24). The van der Waals surface area contributed by atoms with Gasteiger partial charge in [-0.25, -0.2) is 14.6 Å². The van der Waals surface area contributed by atoms with Crippen LogP contribution < -0.4 is 22.4 Å². The summed E-state index contributed by atoms with van der Waals surface area (Å²) in [5, 5.41) is 9.78. The number of aromatic nitrogens is 4. The summed E-state index contributed by atoms with van der Waals surface area (Å²) in [7, 11) is -9.51. The number of anilines is 3. The maximum Gasteiger partial charge on any atom is 0.352 e. The van der Waals surface area contributed by atoms with Crippen LogP contribution in [0.3, 0.4) is 0 Å². The molecular weight excluding hydrogens is 472 g/mol. The van der Waals surface area contributed by atoms with Crippen molar-refractivity contribution in [2.24, 2.45) is 10.2 Å². The molecule has 3 aromatic rings. The van der Waals surface area contributed by atoms with E-state index in [0.717, 1.165) is 12.1 Å². The van der Waals surface area contributed by atoms with Crippen LogP contribution >= 0.6 is 0 Å². The molecule has 2 heterocycles. The van der Waals surface area contributed by atoms with Crippen LogP contribution in [0.5, 0.6) is 0 Å². The number of H-pyrrole nitrogens is 2. The molecule has 0 amide bonds. The Morgan fingerprint density at radius 3 is 2.19 bits per heavy atom. The van der Waals surface area contributed by atoms with Gasteiger partial charge in [0.2, 0.25) is 5.95 Å². The molecular formula is C14H12N8O8S2. The van der Waals surface area contributed by atoms with Crippen LogP contribution in [0, 0.1) is 0 Å². The van der Waals surface area contributed by atoms with Crippen molar-refractivity contribution in [1.29, 1.82) is 0 Å². The van der Waals surface area contributed by atoms with Crippen molar-refractivity contribution in [2.75, 3.05) is 11.1 Å². The normalized spacial score (nSPS) is 12.2. The maximum atomic E-state index is 11.5. The Kier molecular flexibility index (Phi) is 5.86. The molecule has 0 aliphatic rings. The van der Waals surface area contributed by atoms with Gasteiger partial charge in [0.1, 0.15) is 22.1 Å². The van der Waals surface area contributed by atoms with E-state index in [1.54, 1.807) is 0 Å². The molecule has 7 N–H and O–H groups in total. The van der Waals surface area contributed by atoms with E-state index in [4.69, 9.17) is 10.3 Å². The molecule has 0 fully saturated rings. The predicted molar refractivity (Wildman–Crippen MR) is 108 cm³/mol. The molecule has 16 nitrogen and oxygen atoms in total. The van der Waals surface area contributed by atoms with E-state index in [1.165, 1.54) is 12.1 Å². The minimum Gasteiger partial charge on any atom is -0.382 e. The lowest BCUT2D eigenvalue weighted by Gasteiger charge is -2.06. The Bertz CT molecular complexity index is 1530. The van der Waals surface area contributed by atoms with Crippen LogP contribution in [-0.2, 0) is 20.2 Å². The summed E-state index contributed by atoms with van der Waals surface area (Å²) < 4.78 is 64.0. The van der Waals surface area contributed by atoms with Crippen LogP contribution in [-0.4, -0.2) is 45.9 Å². The van der Waals surface area contributed by atoms with Crippen LogP contribution in [0.1, 0.15) is 0 Å². The summed E-state index contributed by atoms with van der Waals surface area (Å²) in [6, 6.07) is 4.71. The Hall–Kier alpha value is -4.00. The number of hydrogen-bond donors (Lipinski definition) is 6. The number of hydrogen-bond acceptors (Lipinski definition) is 12. The van der Waals surface area contributed by atoms with Gasteiger partial charge in [0.25, 0.3) is 20.2 Å². The summed E-state index contributed by atoms with van der Waals surface area (Å²) in [6.45, 7) is 0. The number of azo groups is 1. The molecule has 0 aliphatic heterocycles. The van der Waals surface area contributed by atoms with Gasteiger partial charge in [0.05, 0.1) is 4.90 Å². The summed E-state index contributed by atoms with van der Waals surface area (Å²) in [5.74, 6) is -0.424. The molecule has 0 atom stereocenters. The highest BCUT2D eigenvalue weighted by molar-refractivity contribution is 7.86. The quantitative estimate of drug-likeness (QED) is 0.201. The predicted octanol–water partition coefficient (Wildman–Crippen LogP) is 0.0878. The van der Waals surface area contributed by atoms with E-state index in [0.29, 0.717) is 6.07 Å². The van der Waals surface area contributed by atoms with Crippen molar-refractivity contribution in [3.8, 4) is 0 Å². The first-order valence-electron chi connectivity index (χ1n) is 8.08. The van der Waals surface area contributed by atoms with Crippen molar-refractivity contribution in [3.63, 3.8) is 0 Å². The van der Waals surface area contributed by atoms with Gasteiger partial charge in [-0.1, -0.05) is 0 Å². The number of nitrogens with two attached hydrogens (primary N) is 1. The number of benzene rings is 1. The lowest BCUT2D eigenvalue weighted by atomic mass is 10.3. The third-order valence-corrected chi connectivity index (χ3v) is 5.34. The van der Waals surface area contributed by atoms with Crippen molar-refractivity contribution < 1.29 is 25.9 Å². The van der Waals surface area contributed by atoms with Gasteiger partial charge in [0.15, 0.2) is 5.82 Å². The average molecular weight is 484 g/mol. The Balaban J connectivity index is 1.96. The second kappa shape index (κ2) is 8.26. The summed E-state index contributed by atoms with van der Waals surface area (Å²) in [5.41, 5.74) is 3.34. The van der Waals surface area contributed by atoms with Crippen molar-refractivity contribution in [3.05, 3.63) is 51.3 Å². The Labute approximate surface area is 177 Å². The van der Waals surface area contributed by atoms with Crippen LogP contribution in [0.2, 0.25) is 0 Å². The summed E-state index contributed by atoms with van der Waals surface area (Å²) in [6.07, 6.45) is 0. The number of pyridine rings is 1. The highest BCUT2D eigenvalue weighted by Crippen LogP contribution is 2.30. The molecule has 1 aromatic carbocycles. The van der Waals surface area contributed by atoms with Gasteiger partial charge in [-0.15, -0.1) is 10.2 Å². The number of nitrogen functional groups attached to an aromatic ring is 1. The molecule has 0 radical (unpaired) electrons. The minimum absolute atomic E-state index is 0.0437. The number of rotatable bonds is 6. The van der Waals surface area contributed by atoms with Crippen molar-refractivity contribution >= 4 is 49.2 Å². The smallest absolute Gasteiger partial charge is 0.352 e. The topological polar surface area (TPSA) is 263 Å². The van der Waals surface area contributed by atoms with Crippen molar-refractivity contribution in [2.45, 2.75) is 9.79 Å². The average Bonchev–Trinajstić information content (AvgIpc) is 2.65. The van der Waals surface area contributed by atoms with Crippen molar-refractivity contribution in [1.82, 2.24) is 19.9 Å². The highest BCUT2D eigenvalue weighted by atomic mass is 32.2. The largest absolute Gasteiger partial charge is 0.382 e. The third kappa shape index (κ3) is 5.37. The third-order valence-electron chi connectivity index (χ3n) is 3.59. The highest BCUT2D eigenvalue weighted by Gasteiger charge is 2.20. The molecule has 0 aliphatic carbocycles. The number of nitrogens with zero attached hydrogens (tertiary/aromatic N) is 4. The zero-order valence-corrected chi connectivity index (χ0v) is 17.0. The number of aromatic amines is 2. The van der Waals surface area contributed by atoms with Gasteiger partial charge in [-0.3, -0.25) is 19.1 Å². The lowest BCUT2D eigenvalue weighted by Crippen LogP contribution is -2.25. The molecule has 168 valence electrons. The first-order valence-corrected chi connectivity index (χ1v) is 11.0. The summed E-state index contributed by atoms with van der Waals surface area (Å²) in [4.78, 5) is 32.4. The maximum absolute atomic E-state index is 11.5. The summed E-state index contributed by atoms with van der Waals surface area (Å²) >= 11 is 0.